The second-order valence-corrected chi connectivity index (χ2v) is 6.04. The molecule has 0 aliphatic carbocycles. The summed E-state index contributed by atoms with van der Waals surface area (Å²) in [6.07, 6.45) is 1.49. The van der Waals surface area contributed by atoms with Crippen LogP contribution in [0.5, 0.6) is 0 Å². The van der Waals surface area contributed by atoms with Gasteiger partial charge in [0.15, 0.2) is 0 Å². The third-order valence-corrected chi connectivity index (χ3v) is 4.71. The van der Waals surface area contributed by atoms with Gasteiger partial charge in [-0.05, 0) is 34.0 Å². The molecule has 0 spiro atoms. The molecule has 0 aliphatic rings. The molecule has 0 saturated heterocycles. The molecule has 0 aliphatic heterocycles. The van der Waals surface area contributed by atoms with E-state index in [0.29, 0.717) is 16.5 Å². The molecule has 2 rings (SSSR count). The second kappa shape index (κ2) is 6.25. The molecule has 0 bridgehead atoms. The van der Waals surface area contributed by atoms with Crippen molar-refractivity contribution >= 4 is 27.5 Å². The van der Waals surface area contributed by atoms with Crippen molar-refractivity contribution in [3.8, 4) is 0 Å². The summed E-state index contributed by atoms with van der Waals surface area (Å²) in [6, 6.07) is 13.0. The van der Waals surface area contributed by atoms with Crippen LogP contribution in [-0.4, -0.2) is 0 Å². The monoisotopic (exact) mass is 355 g/mol. The maximum atomic E-state index is 14.5. The van der Waals surface area contributed by atoms with E-state index in [2.05, 4.69) is 15.9 Å². The summed E-state index contributed by atoms with van der Waals surface area (Å²) in [5.41, 5.74) is 7.00. The lowest BCUT2D eigenvalue weighted by Gasteiger charge is -2.31. The molecular weight excluding hydrogens is 341 g/mol. The first-order chi connectivity index (χ1) is 9.50. The number of hydrogen-bond donors (Lipinski definition) is 1. The fourth-order valence-corrected chi connectivity index (χ4v) is 2.91. The molecule has 0 aromatic heterocycles. The van der Waals surface area contributed by atoms with Crippen molar-refractivity contribution in [3.05, 3.63) is 68.9 Å². The Morgan fingerprint density at radius 3 is 2.45 bits per heavy atom. The first-order valence-electron chi connectivity index (χ1n) is 6.49. The fourth-order valence-electron chi connectivity index (χ4n) is 2.43. The van der Waals surface area contributed by atoms with Crippen LogP contribution in [0.3, 0.4) is 0 Å². The topological polar surface area (TPSA) is 26.0 Å². The van der Waals surface area contributed by atoms with Crippen LogP contribution in [0.2, 0.25) is 5.02 Å². The van der Waals surface area contributed by atoms with Gasteiger partial charge in [0, 0.05) is 10.0 Å². The zero-order valence-corrected chi connectivity index (χ0v) is 13.5. The van der Waals surface area contributed by atoms with Crippen molar-refractivity contribution in [2.24, 2.45) is 5.73 Å². The Morgan fingerprint density at radius 1 is 1.20 bits per heavy atom. The number of nitrogens with two attached hydrogens (primary N) is 1. The Balaban J connectivity index is 2.63. The van der Waals surface area contributed by atoms with Crippen molar-refractivity contribution in [2.75, 3.05) is 0 Å². The summed E-state index contributed by atoms with van der Waals surface area (Å²) >= 11 is 9.23. The predicted octanol–water partition coefficient (Wildman–Crippen LogP) is 5.24. The van der Waals surface area contributed by atoms with Crippen LogP contribution >= 0.6 is 27.5 Å². The van der Waals surface area contributed by atoms with E-state index in [4.69, 9.17) is 17.3 Å². The largest absolute Gasteiger partial charge is 0.318 e. The van der Waals surface area contributed by atoms with E-state index >= 15 is 0 Å². The lowest BCUT2D eigenvalue weighted by atomic mass is 9.80. The van der Waals surface area contributed by atoms with Crippen LogP contribution in [0.25, 0.3) is 0 Å². The summed E-state index contributed by atoms with van der Waals surface area (Å²) in [5, 5.41) is 0.0735. The standard InChI is InChI=1S/C16H16BrClFN/c1-2-10-16(20,11-6-4-3-5-7-11)12-8-9-13(17)14(18)15(12)19/h3-9H,2,10,20H2,1H3. The Hall–Kier alpha value is -0.900. The third-order valence-electron chi connectivity index (χ3n) is 3.45. The van der Waals surface area contributed by atoms with Crippen LogP contribution in [0, 0.1) is 5.82 Å². The SMILES string of the molecule is CCCC(N)(c1ccccc1)c1ccc(Br)c(Cl)c1F. The average Bonchev–Trinajstić information content (AvgIpc) is 2.46. The number of rotatable bonds is 4. The van der Waals surface area contributed by atoms with Crippen molar-refractivity contribution in [1.29, 1.82) is 0 Å². The van der Waals surface area contributed by atoms with E-state index in [1.165, 1.54) is 0 Å². The normalized spacial score (nSPS) is 14.1. The second-order valence-electron chi connectivity index (χ2n) is 4.81. The smallest absolute Gasteiger partial charge is 0.148 e. The van der Waals surface area contributed by atoms with E-state index in [1.54, 1.807) is 12.1 Å². The van der Waals surface area contributed by atoms with Crippen molar-refractivity contribution in [2.45, 2.75) is 25.3 Å². The van der Waals surface area contributed by atoms with Gasteiger partial charge in [0.2, 0.25) is 0 Å². The first-order valence-corrected chi connectivity index (χ1v) is 7.66. The summed E-state index contributed by atoms with van der Waals surface area (Å²) in [5.74, 6) is -0.458. The quantitative estimate of drug-likeness (QED) is 0.744. The van der Waals surface area contributed by atoms with Gasteiger partial charge in [0.25, 0.3) is 0 Å². The molecule has 106 valence electrons. The lowest BCUT2D eigenvalue weighted by molar-refractivity contribution is 0.455. The summed E-state index contributed by atoms with van der Waals surface area (Å²) < 4.78 is 15.1. The average molecular weight is 357 g/mol. The zero-order chi connectivity index (χ0) is 14.8. The molecule has 1 unspecified atom stereocenters. The van der Waals surface area contributed by atoms with Crippen molar-refractivity contribution in [3.63, 3.8) is 0 Å². The molecule has 2 aromatic rings. The first kappa shape index (κ1) is 15.5. The summed E-state index contributed by atoms with van der Waals surface area (Å²) in [6.45, 7) is 2.03. The van der Waals surface area contributed by atoms with Crippen molar-refractivity contribution in [1.82, 2.24) is 0 Å². The highest BCUT2D eigenvalue weighted by Crippen LogP contribution is 2.37. The van der Waals surface area contributed by atoms with E-state index in [0.717, 1.165) is 12.0 Å². The molecule has 0 amide bonds. The van der Waals surface area contributed by atoms with Gasteiger partial charge in [-0.25, -0.2) is 4.39 Å². The fraction of sp³-hybridized carbons (Fsp3) is 0.250. The van der Waals surface area contributed by atoms with Gasteiger partial charge in [-0.3, -0.25) is 0 Å². The Bertz CT molecular complexity index is 603. The maximum absolute atomic E-state index is 14.5. The third kappa shape index (κ3) is 2.76. The molecule has 0 fully saturated rings. The molecule has 4 heteroatoms. The lowest BCUT2D eigenvalue weighted by Crippen LogP contribution is -2.38. The van der Waals surface area contributed by atoms with Crippen molar-refractivity contribution < 1.29 is 4.39 Å². The molecule has 0 heterocycles. The van der Waals surface area contributed by atoms with Gasteiger partial charge in [0.1, 0.15) is 5.82 Å². The van der Waals surface area contributed by atoms with Gasteiger partial charge in [-0.1, -0.05) is 61.3 Å². The highest BCUT2D eigenvalue weighted by atomic mass is 79.9. The molecule has 0 saturated carbocycles. The molecule has 1 atom stereocenters. The highest BCUT2D eigenvalue weighted by molar-refractivity contribution is 9.10. The minimum atomic E-state index is -0.871. The van der Waals surface area contributed by atoms with Crippen LogP contribution < -0.4 is 5.73 Å². The van der Waals surface area contributed by atoms with E-state index in [9.17, 15) is 4.39 Å². The molecule has 20 heavy (non-hydrogen) atoms. The Kier molecular flexibility index (Phi) is 4.84. The van der Waals surface area contributed by atoms with Crippen LogP contribution in [0.15, 0.2) is 46.9 Å². The van der Waals surface area contributed by atoms with Crippen LogP contribution in [0.4, 0.5) is 4.39 Å². The summed E-state index contributed by atoms with van der Waals surface area (Å²) in [7, 11) is 0. The number of hydrogen-bond acceptors (Lipinski definition) is 1. The number of benzene rings is 2. The highest BCUT2D eigenvalue weighted by Gasteiger charge is 2.32. The minimum Gasteiger partial charge on any atom is -0.318 e. The Morgan fingerprint density at radius 2 is 1.85 bits per heavy atom. The minimum absolute atomic E-state index is 0.0735. The van der Waals surface area contributed by atoms with Gasteiger partial charge in [-0.15, -0.1) is 0 Å². The molecule has 2 aromatic carbocycles. The predicted molar refractivity (Wildman–Crippen MR) is 85.4 cm³/mol. The maximum Gasteiger partial charge on any atom is 0.148 e. The zero-order valence-electron chi connectivity index (χ0n) is 11.2. The molecule has 2 N–H and O–H groups in total. The van der Waals surface area contributed by atoms with E-state index < -0.39 is 11.4 Å². The Labute approximate surface area is 132 Å². The molecule has 0 radical (unpaired) electrons. The van der Waals surface area contributed by atoms with Gasteiger partial charge in [0.05, 0.1) is 10.6 Å². The molecular formula is C16H16BrClFN. The van der Waals surface area contributed by atoms with E-state index in [1.807, 2.05) is 37.3 Å². The summed E-state index contributed by atoms with van der Waals surface area (Å²) in [4.78, 5) is 0. The van der Waals surface area contributed by atoms with Gasteiger partial charge < -0.3 is 5.73 Å². The molecule has 1 nitrogen and oxygen atoms in total. The number of halogens is 3. The van der Waals surface area contributed by atoms with Gasteiger partial charge in [-0.2, -0.15) is 0 Å². The van der Waals surface area contributed by atoms with Crippen LogP contribution in [0.1, 0.15) is 30.9 Å². The van der Waals surface area contributed by atoms with Crippen LogP contribution in [-0.2, 0) is 5.54 Å². The van der Waals surface area contributed by atoms with E-state index in [-0.39, 0.29) is 5.02 Å². The van der Waals surface area contributed by atoms with Gasteiger partial charge >= 0.3 is 0 Å².